The van der Waals surface area contributed by atoms with E-state index in [1.165, 1.54) is 30.4 Å². The Bertz CT molecular complexity index is 2120. The van der Waals surface area contributed by atoms with Gasteiger partial charge in [-0.3, -0.25) is 9.59 Å². The molecule has 16 heteroatoms. The fourth-order valence-corrected chi connectivity index (χ4v) is 11.2. The number of aliphatic hydroxyl groups is 1. The number of likely N-dealkylation sites (tertiary alicyclic amines) is 2. The lowest BCUT2D eigenvalue weighted by molar-refractivity contribution is -0.153. The molecule has 2 aromatic heterocycles. The number of phenolic OH excluding ortho intramolecular Hbond substituents is 1. The number of piperidine rings is 1. The Balaban J connectivity index is 0.726. The molecule has 1 spiro atoms. The van der Waals surface area contributed by atoms with Crippen molar-refractivity contribution in [3.63, 3.8) is 0 Å². The number of carbonyl (C=O) groups is 3. The molecule has 3 aromatic rings. The maximum Gasteiger partial charge on any atom is 0.328 e. The predicted octanol–water partition coefficient (Wildman–Crippen LogP) is 3.94. The van der Waals surface area contributed by atoms with Gasteiger partial charge in [0.05, 0.1) is 30.6 Å². The zero-order chi connectivity index (χ0) is 43.3. The van der Waals surface area contributed by atoms with Crippen molar-refractivity contribution in [2.24, 2.45) is 16.7 Å². The van der Waals surface area contributed by atoms with Gasteiger partial charge in [-0.1, -0.05) is 32.9 Å². The van der Waals surface area contributed by atoms with Crippen LogP contribution >= 0.6 is 0 Å². The molecule has 0 radical (unpaired) electrons. The number of amides is 2. The normalized spacial score (nSPS) is 28.3. The van der Waals surface area contributed by atoms with Crippen LogP contribution in [0.5, 0.6) is 5.75 Å². The second-order valence-electron chi connectivity index (χ2n) is 19.8. The number of nitrogens with one attached hydrogen (secondary N) is 2. The van der Waals surface area contributed by atoms with E-state index >= 15 is 0 Å². The fourth-order valence-electron chi connectivity index (χ4n) is 11.2. The summed E-state index contributed by atoms with van der Waals surface area (Å²) < 4.78 is 4.91. The summed E-state index contributed by atoms with van der Waals surface area (Å²) in [5.41, 5.74) is 3.25. The number of phenols is 1. The van der Waals surface area contributed by atoms with Crippen LogP contribution in [0.2, 0.25) is 0 Å². The Kier molecular flexibility index (Phi) is 11.5. The number of nitrogens with zero attached hydrogens (tertiary/aromatic N) is 8. The average molecular weight is 851 g/mol. The van der Waals surface area contributed by atoms with E-state index < -0.39 is 29.6 Å². The van der Waals surface area contributed by atoms with Gasteiger partial charge in [0.1, 0.15) is 17.8 Å². The molecule has 6 heterocycles. The molecule has 6 aliphatic rings. The molecule has 5 fully saturated rings. The van der Waals surface area contributed by atoms with Gasteiger partial charge in [0.2, 0.25) is 17.8 Å². The average Bonchev–Trinajstić information content (AvgIpc) is 3.67. The third-order valence-electron chi connectivity index (χ3n) is 14.9. The Morgan fingerprint density at radius 3 is 2.37 bits per heavy atom. The molecule has 2 aliphatic carbocycles. The van der Waals surface area contributed by atoms with Crippen LogP contribution in [-0.4, -0.2) is 141 Å². The van der Waals surface area contributed by atoms with Crippen molar-refractivity contribution in [1.82, 2.24) is 35.3 Å². The molecule has 16 nitrogen and oxygen atoms in total. The van der Waals surface area contributed by atoms with Crippen molar-refractivity contribution >= 4 is 35.2 Å². The lowest BCUT2D eigenvalue weighted by Crippen LogP contribution is -2.58. The first-order valence-corrected chi connectivity index (χ1v) is 22.6. The number of aromatic hydroxyl groups is 1. The Labute approximate surface area is 363 Å². The number of β-amino-alcohol motifs (C(OH)–C–C–N with tert-alkyl or cyclic N) is 1. The predicted molar refractivity (Wildman–Crippen MR) is 233 cm³/mol. The quantitative estimate of drug-likeness (QED) is 0.239. The summed E-state index contributed by atoms with van der Waals surface area (Å²) in [6.45, 7) is 11.1. The number of aliphatic hydroxyl groups excluding tert-OH is 1. The molecule has 4 aliphatic heterocycles. The zero-order valence-corrected chi connectivity index (χ0v) is 36.5. The first-order chi connectivity index (χ1) is 29.8. The summed E-state index contributed by atoms with van der Waals surface area (Å²) in [7, 11) is 1.28. The van der Waals surface area contributed by atoms with Crippen LogP contribution in [0, 0.1) is 16.7 Å². The molecule has 9 rings (SSSR count). The van der Waals surface area contributed by atoms with Gasteiger partial charge in [-0.15, -0.1) is 10.2 Å². The molecule has 4 N–H and O–H groups in total. The molecule has 332 valence electrons. The first-order valence-electron chi connectivity index (χ1n) is 22.6. The third kappa shape index (κ3) is 8.27. The number of fused-ring (bicyclic) bond motifs is 3. The van der Waals surface area contributed by atoms with Crippen molar-refractivity contribution in [3.05, 3.63) is 48.3 Å². The largest absolute Gasteiger partial charge is 0.507 e. The smallest absolute Gasteiger partial charge is 0.328 e. The van der Waals surface area contributed by atoms with Crippen LogP contribution in [-0.2, 0) is 19.1 Å². The fraction of sp³-hybridized carbons (Fsp3) is 0.630. The second-order valence-corrected chi connectivity index (χ2v) is 19.8. The number of ether oxygens (including phenoxy) is 1. The number of benzene rings is 1. The van der Waals surface area contributed by atoms with Crippen LogP contribution in [0.3, 0.4) is 0 Å². The highest BCUT2D eigenvalue weighted by Gasteiger charge is 2.50. The summed E-state index contributed by atoms with van der Waals surface area (Å²) in [6.07, 6.45) is 11.6. The zero-order valence-electron chi connectivity index (χ0n) is 36.5. The van der Waals surface area contributed by atoms with Gasteiger partial charge in [0, 0.05) is 69.1 Å². The number of aromatic nitrogens is 4. The highest BCUT2D eigenvalue weighted by atomic mass is 16.5. The molecule has 2 amide bonds. The van der Waals surface area contributed by atoms with Crippen LogP contribution in [0.25, 0.3) is 11.3 Å². The summed E-state index contributed by atoms with van der Waals surface area (Å²) in [4.78, 5) is 58.4. The summed E-state index contributed by atoms with van der Waals surface area (Å²) in [6, 6.07) is 8.37. The molecular formula is C46H62N10O6. The first kappa shape index (κ1) is 42.2. The summed E-state index contributed by atoms with van der Waals surface area (Å²) in [5, 5.41) is 36.1. The van der Waals surface area contributed by atoms with Crippen molar-refractivity contribution in [2.75, 3.05) is 68.0 Å². The van der Waals surface area contributed by atoms with Crippen molar-refractivity contribution in [2.45, 2.75) is 115 Å². The van der Waals surface area contributed by atoms with Crippen LogP contribution in [0.4, 0.5) is 17.5 Å². The van der Waals surface area contributed by atoms with E-state index in [2.05, 4.69) is 35.5 Å². The minimum Gasteiger partial charge on any atom is -0.507 e. The number of para-hydroxylation sites is 1. The molecule has 0 bridgehead atoms. The topological polar surface area (TPSA) is 189 Å². The molecule has 0 unspecified atom stereocenters. The van der Waals surface area contributed by atoms with Crippen molar-refractivity contribution in [3.8, 4) is 17.0 Å². The van der Waals surface area contributed by atoms with Gasteiger partial charge in [-0.05, 0) is 105 Å². The second kappa shape index (κ2) is 16.9. The lowest BCUT2D eigenvalue weighted by Gasteiger charge is -2.55. The van der Waals surface area contributed by atoms with Crippen LogP contribution in [0.15, 0.2) is 42.7 Å². The molecule has 2 saturated carbocycles. The van der Waals surface area contributed by atoms with E-state index in [0.717, 1.165) is 95.2 Å². The number of piperazine rings is 1. The summed E-state index contributed by atoms with van der Waals surface area (Å²) >= 11 is 0. The third-order valence-corrected chi connectivity index (χ3v) is 14.9. The van der Waals surface area contributed by atoms with Crippen LogP contribution in [0.1, 0.15) is 90.0 Å². The van der Waals surface area contributed by atoms with E-state index in [1.54, 1.807) is 12.1 Å². The van der Waals surface area contributed by atoms with E-state index in [9.17, 15) is 24.6 Å². The molecular weight excluding hydrogens is 789 g/mol. The number of carbonyl (C=O) groups excluding carboxylic acids is 3. The highest BCUT2D eigenvalue weighted by molar-refractivity contribution is 5.92. The molecule has 1 aromatic carbocycles. The maximum atomic E-state index is 13.8. The number of esters is 1. The summed E-state index contributed by atoms with van der Waals surface area (Å²) in [5.74, 6) is 1.04. The maximum absolute atomic E-state index is 13.8. The van der Waals surface area contributed by atoms with Gasteiger partial charge in [0.15, 0.2) is 5.82 Å². The number of hydrogen-bond donors (Lipinski definition) is 4. The van der Waals surface area contributed by atoms with E-state index in [4.69, 9.17) is 14.7 Å². The van der Waals surface area contributed by atoms with E-state index in [-0.39, 0.29) is 42.5 Å². The van der Waals surface area contributed by atoms with Gasteiger partial charge in [-0.2, -0.15) is 0 Å². The standard InChI is InChI=1S/C46H62N10O6/c1-45(2,3)39(42(60)56-27-33(57)19-37(56)43(61)62-4)50-41(59)29-9-13-46(14-10-29)21-31(22-46)53-15-11-28(12-16-53)30-23-48-44(49-24-30)54-17-18-55-32(26-54)25-47-40-36(55)20-35(51-52-40)34-7-5-6-8-38(34)58/h5-8,20,23-24,28-29,31-33,37,39,57-58H,9-19,21-22,25-27H2,1-4H3,(H,47,52)(H,50,59)/t29?,31?,32-,33+,37-,39+,46?/m0/s1. The molecule has 62 heavy (non-hydrogen) atoms. The molecule has 3 saturated heterocycles. The Morgan fingerprint density at radius 2 is 1.68 bits per heavy atom. The van der Waals surface area contributed by atoms with Gasteiger partial charge in [0.25, 0.3) is 0 Å². The Hall–Kier alpha value is -5.09. The van der Waals surface area contributed by atoms with Crippen LogP contribution < -0.4 is 20.4 Å². The monoisotopic (exact) mass is 850 g/mol. The number of anilines is 3. The minimum absolute atomic E-state index is 0.0465. The highest BCUT2D eigenvalue weighted by Crippen LogP contribution is 2.55. The van der Waals surface area contributed by atoms with E-state index in [1.807, 2.05) is 51.4 Å². The molecule has 4 atom stereocenters. The minimum atomic E-state index is -0.851. The number of hydrogen-bond acceptors (Lipinski definition) is 14. The van der Waals surface area contributed by atoms with Gasteiger partial charge >= 0.3 is 5.97 Å². The SMILES string of the molecule is COC(=O)[C@@H]1C[C@@H](O)CN1C(=O)[C@@H](NC(=O)C1CCC2(CC1)CC(N1CCC(c3cnc(N4CCN5c6cc(-c7ccccc7O)nnc6NC[C@H]5C4)nc3)CC1)C2)C(C)(C)C. The van der Waals surface area contributed by atoms with Crippen molar-refractivity contribution < 1.29 is 29.3 Å². The Morgan fingerprint density at radius 1 is 0.952 bits per heavy atom. The van der Waals surface area contributed by atoms with E-state index in [0.29, 0.717) is 28.6 Å². The van der Waals surface area contributed by atoms with Crippen molar-refractivity contribution in [1.29, 1.82) is 0 Å². The number of rotatable bonds is 8. The van der Waals surface area contributed by atoms with Gasteiger partial charge in [-0.25, -0.2) is 14.8 Å². The van der Waals surface area contributed by atoms with Gasteiger partial charge < -0.3 is 45.2 Å². The number of methoxy groups -OCH3 is 1. The lowest BCUT2D eigenvalue weighted by atomic mass is 9.56.